The molecule has 0 amide bonds. The molecule has 1 aromatic carbocycles. The Morgan fingerprint density at radius 1 is 1.29 bits per heavy atom. The molecule has 0 fully saturated rings. The highest BCUT2D eigenvalue weighted by atomic mass is 32.3. The molecule has 0 aliphatic rings. The molecule has 0 aliphatic carbocycles. The minimum Gasteiger partial charge on any atom is -0.250 e. The van der Waals surface area contributed by atoms with E-state index in [0.717, 1.165) is 11.3 Å². The average Bonchev–Trinajstić information content (AvgIpc) is 2.23. The third-order valence-electron chi connectivity index (χ3n) is 2.01. The van der Waals surface area contributed by atoms with Gasteiger partial charge in [0.1, 0.15) is 0 Å². The Balaban J connectivity index is 2.97. The van der Waals surface area contributed by atoms with Crippen molar-refractivity contribution in [1.29, 1.82) is 0 Å². The Hall–Kier alpha value is -0.850. The molecule has 0 radical (unpaired) electrons. The normalized spacial score (nSPS) is 12.3. The number of nitrogens with zero attached hydrogens (tertiary/aromatic N) is 1. The van der Waals surface area contributed by atoms with Crippen LogP contribution in [0.1, 0.15) is 11.1 Å². The second-order valence-electron chi connectivity index (χ2n) is 4.53. The zero-order valence-corrected chi connectivity index (χ0v) is 12.7. The number of rotatable bonds is 2. The predicted octanol–water partition coefficient (Wildman–Crippen LogP) is 4.02. The SMILES string of the molecule is CSC=Nc1ccc(C#CS(C)(C)C)c(C)c1. The van der Waals surface area contributed by atoms with Crippen LogP contribution in [0, 0.1) is 18.1 Å². The fourth-order valence-corrected chi connectivity index (χ4v) is 1.83. The van der Waals surface area contributed by atoms with Crippen molar-refractivity contribution < 1.29 is 0 Å². The minimum absolute atomic E-state index is 0.757. The van der Waals surface area contributed by atoms with Crippen LogP contribution in [0.3, 0.4) is 0 Å². The fraction of sp³-hybridized carbons (Fsp3) is 0.357. The van der Waals surface area contributed by atoms with Crippen molar-refractivity contribution >= 4 is 33.0 Å². The summed E-state index contributed by atoms with van der Waals surface area (Å²) < 4.78 is 0. The molecule has 92 valence electrons. The molecule has 0 spiro atoms. The van der Waals surface area contributed by atoms with E-state index < -0.39 is 10.0 Å². The standard InChI is InChI=1S/C14H19NS2/c1-12-10-14(15-11-16-2)7-6-13(12)8-9-17(3,4)5/h6-7,10-11H,1-5H3. The van der Waals surface area contributed by atoms with E-state index in [4.69, 9.17) is 0 Å². The van der Waals surface area contributed by atoms with Crippen LogP contribution >= 0.6 is 21.8 Å². The molecular formula is C14H19NS2. The van der Waals surface area contributed by atoms with Gasteiger partial charge < -0.3 is 0 Å². The molecule has 0 heterocycles. The van der Waals surface area contributed by atoms with Crippen molar-refractivity contribution in [2.24, 2.45) is 4.99 Å². The topological polar surface area (TPSA) is 12.4 Å². The number of aliphatic imine (C=N–C) groups is 1. The van der Waals surface area contributed by atoms with Crippen molar-refractivity contribution in [1.82, 2.24) is 0 Å². The zero-order valence-electron chi connectivity index (χ0n) is 11.1. The molecule has 1 aromatic rings. The van der Waals surface area contributed by atoms with Crippen LogP contribution in [0.25, 0.3) is 0 Å². The first kappa shape index (κ1) is 14.2. The van der Waals surface area contributed by atoms with E-state index in [2.05, 4.69) is 54.0 Å². The molecule has 0 saturated heterocycles. The summed E-state index contributed by atoms with van der Waals surface area (Å²) in [5, 5.41) is 3.33. The lowest BCUT2D eigenvalue weighted by Gasteiger charge is -2.15. The van der Waals surface area contributed by atoms with Crippen molar-refractivity contribution in [2.45, 2.75) is 6.92 Å². The van der Waals surface area contributed by atoms with Crippen LogP contribution in [0.5, 0.6) is 0 Å². The van der Waals surface area contributed by atoms with E-state index in [9.17, 15) is 0 Å². The van der Waals surface area contributed by atoms with Gasteiger partial charge in [-0.3, -0.25) is 4.99 Å². The second kappa shape index (κ2) is 6.18. The van der Waals surface area contributed by atoms with Crippen LogP contribution in [-0.4, -0.2) is 30.6 Å². The predicted molar refractivity (Wildman–Crippen MR) is 85.1 cm³/mol. The van der Waals surface area contributed by atoms with Gasteiger partial charge in [0.25, 0.3) is 0 Å². The van der Waals surface area contributed by atoms with Crippen LogP contribution in [0.15, 0.2) is 23.2 Å². The van der Waals surface area contributed by atoms with Gasteiger partial charge in [-0.05, 0) is 61.0 Å². The lowest BCUT2D eigenvalue weighted by Crippen LogP contribution is -1.87. The largest absolute Gasteiger partial charge is 0.250 e. The van der Waals surface area contributed by atoms with E-state index in [0.29, 0.717) is 0 Å². The summed E-state index contributed by atoms with van der Waals surface area (Å²) in [4.78, 5) is 4.33. The molecule has 0 unspecified atom stereocenters. The molecule has 0 aromatic heterocycles. The molecule has 0 N–H and O–H groups in total. The highest BCUT2D eigenvalue weighted by Crippen LogP contribution is 2.32. The number of aryl methyl sites for hydroxylation is 1. The minimum atomic E-state index is -0.757. The Morgan fingerprint density at radius 3 is 2.53 bits per heavy atom. The van der Waals surface area contributed by atoms with E-state index >= 15 is 0 Å². The van der Waals surface area contributed by atoms with Gasteiger partial charge in [0, 0.05) is 5.56 Å². The summed E-state index contributed by atoms with van der Waals surface area (Å²) in [6, 6.07) is 6.15. The number of hydrogen-bond acceptors (Lipinski definition) is 2. The van der Waals surface area contributed by atoms with Gasteiger partial charge in [-0.2, -0.15) is 10.0 Å². The molecular weight excluding hydrogens is 246 g/mol. The van der Waals surface area contributed by atoms with Gasteiger partial charge in [-0.15, -0.1) is 11.8 Å². The Labute approximate surface area is 110 Å². The summed E-state index contributed by atoms with van der Waals surface area (Å²) in [6.07, 6.45) is 8.60. The first-order chi connectivity index (χ1) is 7.92. The monoisotopic (exact) mass is 265 g/mol. The maximum absolute atomic E-state index is 4.33. The smallest absolute Gasteiger partial charge is 0.0639 e. The third-order valence-corrected chi connectivity index (χ3v) is 3.04. The summed E-state index contributed by atoms with van der Waals surface area (Å²) in [7, 11) is -0.757. The van der Waals surface area contributed by atoms with Crippen molar-refractivity contribution in [3.8, 4) is 11.2 Å². The molecule has 1 rings (SSSR count). The highest BCUT2D eigenvalue weighted by Gasteiger charge is 1.99. The summed E-state index contributed by atoms with van der Waals surface area (Å²) in [5.41, 5.74) is 5.14. The Bertz CT molecular complexity index is 473. The molecule has 0 saturated carbocycles. The molecule has 1 nitrogen and oxygen atoms in total. The van der Waals surface area contributed by atoms with Crippen molar-refractivity contribution in [2.75, 3.05) is 25.0 Å². The Morgan fingerprint density at radius 2 is 2.00 bits per heavy atom. The first-order valence-electron chi connectivity index (χ1n) is 5.29. The van der Waals surface area contributed by atoms with E-state index in [-0.39, 0.29) is 0 Å². The van der Waals surface area contributed by atoms with Crippen LogP contribution in [0.4, 0.5) is 5.69 Å². The van der Waals surface area contributed by atoms with Gasteiger partial charge in [-0.1, -0.05) is 5.92 Å². The molecule has 0 atom stereocenters. The van der Waals surface area contributed by atoms with Gasteiger partial charge in [-0.25, -0.2) is 0 Å². The Kier molecular flexibility index (Phi) is 5.17. The second-order valence-corrected chi connectivity index (χ2v) is 9.09. The quantitative estimate of drug-likeness (QED) is 0.447. The summed E-state index contributed by atoms with van der Waals surface area (Å²) in [6.45, 7) is 2.08. The van der Waals surface area contributed by atoms with Gasteiger partial charge >= 0.3 is 0 Å². The number of hydrogen-bond donors (Lipinski definition) is 0. The van der Waals surface area contributed by atoms with Crippen LogP contribution in [-0.2, 0) is 0 Å². The van der Waals surface area contributed by atoms with Crippen LogP contribution < -0.4 is 0 Å². The van der Waals surface area contributed by atoms with Crippen LogP contribution in [0.2, 0.25) is 0 Å². The molecule has 17 heavy (non-hydrogen) atoms. The van der Waals surface area contributed by atoms with Gasteiger partial charge in [0.05, 0.1) is 11.2 Å². The van der Waals surface area contributed by atoms with Crippen molar-refractivity contribution in [3.63, 3.8) is 0 Å². The van der Waals surface area contributed by atoms with E-state index in [1.807, 2.05) is 17.9 Å². The summed E-state index contributed by atoms with van der Waals surface area (Å²) in [5.74, 6) is 3.27. The number of benzene rings is 1. The summed E-state index contributed by atoms with van der Waals surface area (Å²) >= 11 is 1.60. The molecule has 0 bridgehead atoms. The lowest BCUT2D eigenvalue weighted by molar-refractivity contribution is 1.41. The highest BCUT2D eigenvalue weighted by molar-refractivity contribution is 8.35. The zero-order chi connectivity index (χ0) is 12.9. The lowest BCUT2D eigenvalue weighted by atomic mass is 10.1. The number of thioether (sulfide) groups is 1. The maximum atomic E-state index is 4.33. The van der Waals surface area contributed by atoms with Crippen molar-refractivity contribution in [3.05, 3.63) is 29.3 Å². The molecule has 3 heteroatoms. The first-order valence-corrected chi connectivity index (χ1v) is 9.44. The molecule has 0 aliphatic heterocycles. The maximum Gasteiger partial charge on any atom is 0.0639 e. The van der Waals surface area contributed by atoms with E-state index in [1.54, 1.807) is 11.8 Å². The van der Waals surface area contributed by atoms with Gasteiger partial charge in [0.15, 0.2) is 0 Å². The fourth-order valence-electron chi connectivity index (χ4n) is 1.19. The average molecular weight is 265 g/mol. The van der Waals surface area contributed by atoms with E-state index in [1.165, 1.54) is 5.56 Å². The van der Waals surface area contributed by atoms with Gasteiger partial charge in [0.2, 0.25) is 0 Å². The third kappa shape index (κ3) is 5.34.